The van der Waals surface area contributed by atoms with E-state index in [1.807, 2.05) is 5.48 Å². The molecule has 0 aromatic rings. The first kappa shape index (κ1) is 12.1. The van der Waals surface area contributed by atoms with E-state index in [0.717, 1.165) is 5.75 Å². The molecule has 4 nitrogen and oxygen atoms in total. The minimum atomic E-state index is 0.0210. The first-order valence-electron chi connectivity index (χ1n) is 3.71. The van der Waals surface area contributed by atoms with E-state index >= 15 is 0 Å². The SMILES string of the molecule is O=C(CCCNO)NCCSS. The zero-order valence-electron chi connectivity index (χ0n) is 6.75. The molecule has 0 aliphatic rings. The van der Waals surface area contributed by atoms with Gasteiger partial charge in [0, 0.05) is 25.3 Å². The fourth-order valence-corrected chi connectivity index (χ4v) is 1.12. The summed E-state index contributed by atoms with van der Waals surface area (Å²) in [7, 11) is 1.40. The van der Waals surface area contributed by atoms with Crippen molar-refractivity contribution in [2.45, 2.75) is 12.8 Å². The van der Waals surface area contributed by atoms with Crippen molar-refractivity contribution in [3.63, 3.8) is 0 Å². The molecule has 0 fully saturated rings. The van der Waals surface area contributed by atoms with E-state index < -0.39 is 0 Å². The van der Waals surface area contributed by atoms with Crippen LogP contribution in [0.25, 0.3) is 0 Å². The number of rotatable bonds is 7. The molecule has 0 unspecified atom stereocenters. The molecule has 0 aliphatic heterocycles. The van der Waals surface area contributed by atoms with Crippen LogP contribution in [0.15, 0.2) is 0 Å². The van der Waals surface area contributed by atoms with Gasteiger partial charge in [-0.15, -0.1) is 11.7 Å². The largest absolute Gasteiger partial charge is 0.355 e. The molecule has 0 atom stereocenters. The summed E-state index contributed by atoms with van der Waals surface area (Å²) in [6.45, 7) is 1.11. The van der Waals surface area contributed by atoms with Gasteiger partial charge >= 0.3 is 0 Å². The van der Waals surface area contributed by atoms with Gasteiger partial charge in [0.05, 0.1) is 0 Å². The maximum Gasteiger partial charge on any atom is 0.220 e. The van der Waals surface area contributed by atoms with Crippen molar-refractivity contribution in [2.24, 2.45) is 0 Å². The number of thiol groups is 1. The molecule has 0 rings (SSSR count). The zero-order valence-corrected chi connectivity index (χ0v) is 8.46. The summed E-state index contributed by atoms with van der Waals surface area (Å²) in [4.78, 5) is 10.9. The molecule has 6 heteroatoms. The molecule has 0 aliphatic carbocycles. The Bertz CT molecular complexity index is 112. The summed E-state index contributed by atoms with van der Waals surface area (Å²) in [5.41, 5.74) is 1.99. The average Bonchev–Trinajstić information content (AvgIpc) is 2.06. The van der Waals surface area contributed by atoms with Gasteiger partial charge < -0.3 is 10.5 Å². The summed E-state index contributed by atoms with van der Waals surface area (Å²) in [5.74, 6) is 0.834. The number of hydrogen-bond acceptors (Lipinski definition) is 5. The van der Waals surface area contributed by atoms with E-state index in [1.54, 1.807) is 0 Å². The van der Waals surface area contributed by atoms with Crippen molar-refractivity contribution in [1.82, 2.24) is 10.8 Å². The maximum absolute atomic E-state index is 10.9. The average molecular weight is 210 g/mol. The quantitative estimate of drug-likeness (QED) is 0.213. The summed E-state index contributed by atoms with van der Waals surface area (Å²) in [5, 5.41) is 10.9. The summed E-state index contributed by atoms with van der Waals surface area (Å²) in [6, 6.07) is 0. The van der Waals surface area contributed by atoms with Crippen LogP contribution in [-0.2, 0) is 4.79 Å². The molecule has 3 N–H and O–H groups in total. The number of carbonyl (C=O) groups is 1. The second-order valence-electron chi connectivity index (χ2n) is 2.19. The van der Waals surface area contributed by atoms with Crippen molar-refractivity contribution in [1.29, 1.82) is 0 Å². The summed E-state index contributed by atoms with van der Waals surface area (Å²) < 4.78 is 0. The lowest BCUT2D eigenvalue weighted by Crippen LogP contribution is -2.26. The Kier molecular flexibility index (Phi) is 9.25. The van der Waals surface area contributed by atoms with Crippen LogP contribution in [0.5, 0.6) is 0 Å². The minimum absolute atomic E-state index is 0.0210. The molecule has 0 aromatic heterocycles. The van der Waals surface area contributed by atoms with Gasteiger partial charge in [0.25, 0.3) is 0 Å². The van der Waals surface area contributed by atoms with Crippen molar-refractivity contribution in [3.05, 3.63) is 0 Å². The van der Waals surface area contributed by atoms with Crippen LogP contribution in [0.3, 0.4) is 0 Å². The number of hydrogen-bond donors (Lipinski definition) is 4. The minimum Gasteiger partial charge on any atom is -0.355 e. The maximum atomic E-state index is 10.9. The molecule has 0 bridgehead atoms. The van der Waals surface area contributed by atoms with Crippen LogP contribution in [0.4, 0.5) is 0 Å². The Morgan fingerprint density at radius 2 is 2.25 bits per heavy atom. The molecule has 72 valence electrons. The number of hydroxylamine groups is 1. The van der Waals surface area contributed by atoms with E-state index in [1.165, 1.54) is 10.8 Å². The highest BCUT2D eigenvalue weighted by atomic mass is 33.1. The smallest absolute Gasteiger partial charge is 0.220 e. The standard InChI is InChI=1S/C6H14N2O2S2/c9-6(2-1-3-8-10)7-4-5-12-11/h8,10-11H,1-5H2,(H,7,9). The third-order valence-electron chi connectivity index (χ3n) is 1.21. The van der Waals surface area contributed by atoms with Gasteiger partial charge in [-0.3, -0.25) is 4.79 Å². The lowest BCUT2D eigenvalue weighted by atomic mass is 10.3. The molecule has 0 spiro atoms. The number of carbonyl (C=O) groups excluding carboxylic acids is 1. The first-order valence-corrected chi connectivity index (χ1v) is 5.75. The van der Waals surface area contributed by atoms with Crippen LogP contribution >= 0.6 is 22.5 Å². The second-order valence-corrected chi connectivity index (χ2v) is 3.64. The van der Waals surface area contributed by atoms with E-state index in [9.17, 15) is 4.79 Å². The molecule has 1 amide bonds. The van der Waals surface area contributed by atoms with Crippen molar-refractivity contribution >= 4 is 28.4 Å². The van der Waals surface area contributed by atoms with E-state index in [0.29, 0.717) is 25.9 Å². The van der Waals surface area contributed by atoms with Crippen LogP contribution in [0.2, 0.25) is 0 Å². The van der Waals surface area contributed by atoms with Crippen molar-refractivity contribution in [3.8, 4) is 0 Å². The fraction of sp³-hybridized carbons (Fsp3) is 0.833. The third-order valence-corrected chi connectivity index (χ3v) is 2.14. The predicted molar refractivity (Wildman–Crippen MR) is 53.5 cm³/mol. The Morgan fingerprint density at radius 3 is 2.83 bits per heavy atom. The highest BCUT2D eigenvalue weighted by Gasteiger charge is 1.98. The molecule has 0 radical (unpaired) electrons. The Hall–Kier alpha value is 0.0900. The fourth-order valence-electron chi connectivity index (χ4n) is 0.652. The molecule has 0 heterocycles. The topological polar surface area (TPSA) is 61.4 Å². The summed E-state index contributed by atoms with van der Waals surface area (Å²) in [6.07, 6.45) is 1.10. The Labute approximate surface area is 81.3 Å². The van der Waals surface area contributed by atoms with Gasteiger partial charge in [0.15, 0.2) is 0 Å². The highest BCUT2D eigenvalue weighted by Crippen LogP contribution is 2.01. The second kappa shape index (κ2) is 9.18. The van der Waals surface area contributed by atoms with E-state index in [2.05, 4.69) is 17.0 Å². The van der Waals surface area contributed by atoms with Crippen LogP contribution < -0.4 is 10.8 Å². The monoisotopic (exact) mass is 210 g/mol. The van der Waals surface area contributed by atoms with Gasteiger partial charge in [-0.25, -0.2) is 5.48 Å². The molecular weight excluding hydrogens is 196 g/mol. The van der Waals surface area contributed by atoms with Crippen LogP contribution in [0.1, 0.15) is 12.8 Å². The first-order chi connectivity index (χ1) is 5.81. The normalized spacial score (nSPS) is 9.83. The highest BCUT2D eigenvalue weighted by molar-refractivity contribution is 8.68. The number of amides is 1. The number of nitrogens with one attached hydrogen (secondary N) is 2. The van der Waals surface area contributed by atoms with Gasteiger partial charge in [-0.2, -0.15) is 0 Å². The molecule has 0 saturated heterocycles. The molecule has 0 saturated carbocycles. The van der Waals surface area contributed by atoms with Crippen LogP contribution in [-0.4, -0.2) is 30.0 Å². The van der Waals surface area contributed by atoms with Gasteiger partial charge in [0.1, 0.15) is 0 Å². The summed E-state index contributed by atoms with van der Waals surface area (Å²) >= 11 is 3.93. The lowest BCUT2D eigenvalue weighted by Gasteiger charge is -2.02. The van der Waals surface area contributed by atoms with Crippen LogP contribution in [0, 0.1) is 0 Å². The third kappa shape index (κ3) is 8.19. The lowest BCUT2D eigenvalue weighted by molar-refractivity contribution is -0.121. The van der Waals surface area contributed by atoms with E-state index in [-0.39, 0.29) is 5.91 Å². The van der Waals surface area contributed by atoms with E-state index in [4.69, 9.17) is 5.21 Å². The van der Waals surface area contributed by atoms with Gasteiger partial charge in [-0.05, 0) is 6.42 Å². The van der Waals surface area contributed by atoms with Gasteiger partial charge in [0.2, 0.25) is 5.91 Å². The van der Waals surface area contributed by atoms with Crippen molar-refractivity contribution < 1.29 is 10.0 Å². The molecule has 0 aromatic carbocycles. The van der Waals surface area contributed by atoms with Crippen molar-refractivity contribution in [2.75, 3.05) is 18.8 Å². The predicted octanol–water partition coefficient (Wildman–Crippen LogP) is 0.440. The molecule has 12 heavy (non-hydrogen) atoms. The zero-order chi connectivity index (χ0) is 9.23. The molecular formula is C6H14N2O2S2. The van der Waals surface area contributed by atoms with Gasteiger partial charge in [-0.1, -0.05) is 10.8 Å². The Morgan fingerprint density at radius 1 is 1.50 bits per heavy atom. The Balaban J connectivity index is 3.10.